The van der Waals surface area contributed by atoms with Crippen LogP contribution in [-0.4, -0.2) is 60.5 Å². The van der Waals surface area contributed by atoms with Gasteiger partial charge in [-0.1, -0.05) is 23.7 Å². The van der Waals surface area contributed by atoms with E-state index in [1.54, 1.807) is 6.20 Å². The van der Waals surface area contributed by atoms with Crippen molar-refractivity contribution in [1.29, 1.82) is 0 Å². The molecule has 2 aromatic rings. The third-order valence-corrected chi connectivity index (χ3v) is 4.18. The molecule has 0 saturated carbocycles. The van der Waals surface area contributed by atoms with Gasteiger partial charge in [0.05, 0.1) is 19.3 Å². The van der Waals surface area contributed by atoms with Crippen molar-refractivity contribution in [1.82, 2.24) is 20.1 Å². The average Bonchev–Trinajstić information content (AvgIpc) is 3.04. The molecule has 0 bridgehead atoms. The summed E-state index contributed by atoms with van der Waals surface area (Å²) < 4.78 is 5.78. The molecule has 0 radical (unpaired) electrons. The van der Waals surface area contributed by atoms with Crippen molar-refractivity contribution < 1.29 is 9.21 Å². The van der Waals surface area contributed by atoms with E-state index < -0.39 is 0 Å². The van der Waals surface area contributed by atoms with E-state index in [1.807, 2.05) is 41.1 Å². The van der Waals surface area contributed by atoms with Crippen molar-refractivity contribution in [3.8, 4) is 11.3 Å². The molecule has 0 atom stereocenters. The molecule has 1 saturated heterocycles. The quantitative estimate of drug-likeness (QED) is 0.804. The molecule has 1 fully saturated rings. The smallest absolute Gasteiger partial charge is 0.236 e. The number of carbonyl (C=O) groups is 1. The zero-order valence-corrected chi connectivity index (χ0v) is 16.9. The third kappa shape index (κ3) is 6.14. The monoisotopic (exact) mass is 420 g/mol. The van der Waals surface area contributed by atoms with Gasteiger partial charge in [0.2, 0.25) is 11.8 Å². The van der Waals surface area contributed by atoms with Crippen LogP contribution >= 0.6 is 36.4 Å². The largest absolute Gasteiger partial charge is 0.439 e. The van der Waals surface area contributed by atoms with Gasteiger partial charge in [0, 0.05) is 36.8 Å². The second-order valence-electron chi connectivity index (χ2n) is 5.93. The average molecular weight is 422 g/mol. The van der Waals surface area contributed by atoms with E-state index in [4.69, 9.17) is 16.0 Å². The van der Waals surface area contributed by atoms with E-state index >= 15 is 0 Å². The van der Waals surface area contributed by atoms with Gasteiger partial charge >= 0.3 is 0 Å². The lowest BCUT2D eigenvalue weighted by Gasteiger charge is -2.29. The topological polar surface area (TPSA) is 61.6 Å². The Morgan fingerprint density at radius 1 is 1.35 bits per heavy atom. The predicted molar refractivity (Wildman–Crippen MR) is 107 cm³/mol. The third-order valence-electron chi connectivity index (χ3n) is 3.94. The molecule has 26 heavy (non-hydrogen) atoms. The van der Waals surface area contributed by atoms with Crippen molar-refractivity contribution in [2.75, 3.05) is 39.8 Å². The molecule has 2 heterocycles. The molecule has 1 N–H and O–H groups in total. The first-order valence-corrected chi connectivity index (χ1v) is 8.37. The SMILES string of the molecule is CN(CC(=O)N1CCNCC1)Cc1ncc(-c2cccc(Cl)c2)o1.Cl.Cl. The molecule has 9 heteroatoms. The van der Waals surface area contributed by atoms with Gasteiger partial charge in [-0.25, -0.2) is 4.98 Å². The fourth-order valence-corrected chi connectivity index (χ4v) is 2.88. The highest BCUT2D eigenvalue weighted by molar-refractivity contribution is 6.30. The number of rotatable bonds is 5. The van der Waals surface area contributed by atoms with E-state index in [-0.39, 0.29) is 30.7 Å². The lowest BCUT2D eigenvalue weighted by molar-refractivity contribution is -0.132. The summed E-state index contributed by atoms with van der Waals surface area (Å²) in [6, 6.07) is 7.45. The van der Waals surface area contributed by atoms with Crippen LogP contribution in [0.1, 0.15) is 5.89 Å². The molecule has 3 rings (SSSR count). The molecular formula is C17H23Cl3N4O2. The standard InChI is InChI=1S/C17H21ClN4O2.2ClH/c1-21(12-17(23)22-7-5-19-6-8-22)11-16-20-10-15(24-16)13-3-2-4-14(18)9-13;;/h2-4,9-10,19H,5-8,11-12H2,1H3;2*1H. The highest BCUT2D eigenvalue weighted by Crippen LogP contribution is 2.23. The number of aromatic nitrogens is 1. The molecule has 0 unspecified atom stereocenters. The highest BCUT2D eigenvalue weighted by atomic mass is 35.5. The first kappa shape index (κ1) is 22.7. The number of carbonyl (C=O) groups excluding carboxylic acids is 1. The van der Waals surface area contributed by atoms with Crippen LogP contribution in [0, 0.1) is 0 Å². The molecule has 0 aliphatic carbocycles. The van der Waals surface area contributed by atoms with Crippen LogP contribution in [-0.2, 0) is 11.3 Å². The van der Waals surface area contributed by atoms with Crippen LogP contribution < -0.4 is 5.32 Å². The maximum absolute atomic E-state index is 12.3. The summed E-state index contributed by atoms with van der Waals surface area (Å²) in [6.45, 7) is 4.10. The van der Waals surface area contributed by atoms with Crippen LogP contribution in [0.15, 0.2) is 34.9 Å². The summed E-state index contributed by atoms with van der Waals surface area (Å²) in [4.78, 5) is 20.4. The second-order valence-corrected chi connectivity index (χ2v) is 6.37. The Balaban J connectivity index is 0.00000169. The Labute approximate surface area is 170 Å². The molecule has 6 nitrogen and oxygen atoms in total. The number of hydrogen-bond acceptors (Lipinski definition) is 5. The van der Waals surface area contributed by atoms with Crippen LogP contribution in [0.3, 0.4) is 0 Å². The number of nitrogens with one attached hydrogen (secondary N) is 1. The van der Waals surface area contributed by atoms with Gasteiger partial charge in [-0.2, -0.15) is 0 Å². The molecule has 1 aliphatic heterocycles. The Morgan fingerprint density at radius 3 is 2.77 bits per heavy atom. The minimum absolute atomic E-state index is 0. The normalized spacial score (nSPS) is 13.9. The van der Waals surface area contributed by atoms with Crippen molar-refractivity contribution in [3.05, 3.63) is 41.4 Å². The van der Waals surface area contributed by atoms with Crippen molar-refractivity contribution >= 4 is 42.3 Å². The van der Waals surface area contributed by atoms with Gasteiger partial charge in [-0.05, 0) is 19.2 Å². The Kier molecular flexibility index (Phi) is 9.39. The lowest BCUT2D eigenvalue weighted by Crippen LogP contribution is -2.49. The summed E-state index contributed by atoms with van der Waals surface area (Å²) in [6.07, 6.45) is 1.69. The van der Waals surface area contributed by atoms with E-state index in [0.29, 0.717) is 29.8 Å². The van der Waals surface area contributed by atoms with Crippen LogP contribution in [0.4, 0.5) is 0 Å². The van der Waals surface area contributed by atoms with Gasteiger partial charge in [-0.3, -0.25) is 9.69 Å². The number of likely N-dealkylation sites (N-methyl/N-ethyl adjacent to an activating group) is 1. The summed E-state index contributed by atoms with van der Waals surface area (Å²) in [7, 11) is 1.89. The molecule has 1 aliphatic rings. The second kappa shape index (κ2) is 10.7. The zero-order valence-electron chi connectivity index (χ0n) is 14.5. The predicted octanol–water partition coefficient (Wildman–Crippen LogP) is 2.70. The molecule has 1 aromatic heterocycles. The van der Waals surface area contributed by atoms with Crippen molar-refractivity contribution in [3.63, 3.8) is 0 Å². The minimum Gasteiger partial charge on any atom is -0.439 e. The maximum atomic E-state index is 12.3. The molecule has 1 amide bonds. The number of piperazine rings is 1. The lowest BCUT2D eigenvalue weighted by atomic mass is 10.2. The van der Waals surface area contributed by atoms with Crippen LogP contribution in [0.5, 0.6) is 0 Å². The van der Waals surface area contributed by atoms with Crippen molar-refractivity contribution in [2.45, 2.75) is 6.54 Å². The van der Waals surface area contributed by atoms with E-state index in [0.717, 1.165) is 31.7 Å². The number of nitrogens with zero attached hydrogens (tertiary/aromatic N) is 3. The summed E-state index contributed by atoms with van der Waals surface area (Å²) in [5.74, 6) is 1.40. The Bertz CT molecular complexity index is 705. The van der Waals surface area contributed by atoms with E-state index in [9.17, 15) is 4.79 Å². The number of hydrogen-bond donors (Lipinski definition) is 1. The van der Waals surface area contributed by atoms with Gasteiger partial charge in [0.15, 0.2) is 5.76 Å². The molecule has 144 valence electrons. The van der Waals surface area contributed by atoms with Crippen molar-refractivity contribution in [2.24, 2.45) is 0 Å². The number of oxazole rings is 1. The zero-order chi connectivity index (χ0) is 16.9. The van der Waals surface area contributed by atoms with Gasteiger partial charge in [0.1, 0.15) is 0 Å². The van der Waals surface area contributed by atoms with E-state index in [1.165, 1.54) is 0 Å². The summed E-state index contributed by atoms with van der Waals surface area (Å²) in [5.41, 5.74) is 0.890. The highest BCUT2D eigenvalue weighted by Gasteiger charge is 2.18. The van der Waals surface area contributed by atoms with Gasteiger partial charge < -0.3 is 14.6 Å². The molecule has 0 spiro atoms. The Morgan fingerprint density at radius 2 is 2.08 bits per heavy atom. The number of amides is 1. The van der Waals surface area contributed by atoms with E-state index in [2.05, 4.69) is 10.3 Å². The molecular weight excluding hydrogens is 399 g/mol. The van der Waals surface area contributed by atoms with Crippen LogP contribution in [0.25, 0.3) is 11.3 Å². The maximum Gasteiger partial charge on any atom is 0.236 e. The number of halogens is 3. The van der Waals surface area contributed by atoms with Crippen LogP contribution in [0.2, 0.25) is 5.02 Å². The number of benzene rings is 1. The fraction of sp³-hybridized carbons (Fsp3) is 0.412. The fourth-order valence-electron chi connectivity index (χ4n) is 2.69. The summed E-state index contributed by atoms with van der Waals surface area (Å²) >= 11 is 6.00. The summed E-state index contributed by atoms with van der Waals surface area (Å²) in [5, 5.41) is 3.90. The first-order chi connectivity index (χ1) is 11.6. The van der Waals surface area contributed by atoms with Gasteiger partial charge in [-0.15, -0.1) is 24.8 Å². The molecule has 1 aromatic carbocycles. The Hall–Kier alpha value is -1.31. The minimum atomic E-state index is 0. The van der Waals surface area contributed by atoms with Gasteiger partial charge in [0.25, 0.3) is 0 Å². The first-order valence-electron chi connectivity index (χ1n) is 7.99.